The van der Waals surface area contributed by atoms with Crippen LogP contribution in [0.25, 0.3) is 16.8 Å². The second kappa shape index (κ2) is 10.3. The number of hydrogen-bond acceptors (Lipinski definition) is 1. The first-order valence-electron chi connectivity index (χ1n) is 13.3. The van der Waals surface area contributed by atoms with Crippen molar-refractivity contribution in [2.75, 3.05) is 5.32 Å². The minimum absolute atomic E-state index is 0.0697. The van der Waals surface area contributed by atoms with E-state index in [9.17, 15) is 0 Å². The topological polar surface area (TPSA) is 12.0 Å². The zero-order valence-electron chi connectivity index (χ0n) is 22.9. The van der Waals surface area contributed by atoms with Crippen molar-refractivity contribution < 1.29 is 0 Å². The molecule has 0 fully saturated rings. The third kappa shape index (κ3) is 5.04. The summed E-state index contributed by atoms with van der Waals surface area (Å²) < 4.78 is 0. The molecule has 0 spiro atoms. The summed E-state index contributed by atoms with van der Waals surface area (Å²) in [6, 6.07) is 30.7. The average molecular weight is 484 g/mol. The lowest BCUT2D eigenvalue weighted by Gasteiger charge is -2.35. The van der Waals surface area contributed by atoms with E-state index in [0.29, 0.717) is 0 Å². The second-order valence-electron chi connectivity index (χ2n) is 10.6. The van der Waals surface area contributed by atoms with Crippen molar-refractivity contribution >= 4 is 22.5 Å². The molecule has 0 amide bonds. The lowest BCUT2D eigenvalue weighted by Crippen LogP contribution is -2.24. The van der Waals surface area contributed by atoms with Gasteiger partial charge in [0.15, 0.2) is 0 Å². The number of fused-ring (bicyclic) bond motifs is 1. The van der Waals surface area contributed by atoms with Crippen LogP contribution in [-0.2, 0) is 0 Å². The van der Waals surface area contributed by atoms with Crippen LogP contribution in [0, 0.1) is 26.7 Å². The van der Waals surface area contributed by atoms with Crippen LogP contribution in [-0.4, -0.2) is 0 Å². The smallest absolute Gasteiger partial charge is 0.0743 e. The molecule has 0 bridgehead atoms. The standard InChI is InChI=1S/C36H37N/c1-23-18-25(3)34(26(4)19-23)36(37-32-17-16-30-14-10-11-15-31(30)22-32)35-27(5)20-24(2)33(28(35)6)21-29-12-8-7-9-13-29/h7-22,28,36-37H,1-6H3. The molecule has 1 aliphatic rings. The number of benzene rings is 4. The first-order valence-corrected chi connectivity index (χ1v) is 13.3. The van der Waals surface area contributed by atoms with Crippen LogP contribution in [0.3, 0.4) is 0 Å². The summed E-state index contributed by atoms with van der Waals surface area (Å²) in [4.78, 5) is 0. The molecule has 2 atom stereocenters. The van der Waals surface area contributed by atoms with Gasteiger partial charge in [0, 0.05) is 11.6 Å². The molecule has 0 heterocycles. The first kappa shape index (κ1) is 24.8. The third-order valence-corrected chi connectivity index (χ3v) is 7.80. The summed E-state index contributed by atoms with van der Waals surface area (Å²) >= 11 is 0. The van der Waals surface area contributed by atoms with E-state index in [-0.39, 0.29) is 12.0 Å². The Balaban J connectivity index is 1.66. The Kier molecular flexibility index (Phi) is 6.89. The van der Waals surface area contributed by atoms with Crippen molar-refractivity contribution in [2.45, 2.75) is 47.6 Å². The maximum atomic E-state index is 4.00. The Morgan fingerprint density at radius 1 is 0.730 bits per heavy atom. The molecule has 1 N–H and O–H groups in total. The number of anilines is 1. The van der Waals surface area contributed by atoms with Crippen LogP contribution in [0.5, 0.6) is 0 Å². The van der Waals surface area contributed by atoms with E-state index in [0.717, 1.165) is 5.69 Å². The monoisotopic (exact) mass is 483 g/mol. The molecule has 0 saturated heterocycles. The molecule has 0 aromatic heterocycles. The van der Waals surface area contributed by atoms with E-state index in [1.807, 2.05) is 0 Å². The normalized spacial score (nSPS) is 17.7. The minimum Gasteiger partial charge on any atom is -0.374 e. The summed E-state index contributed by atoms with van der Waals surface area (Å²) in [7, 11) is 0. The van der Waals surface area contributed by atoms with Gasteiger partial charge in [0.1, 0.15) is 0 Å². The molecule has 0 radical (unpaired) electrons. The van der Waals surface area contributed by atoms with Crippen molar-refractivity contribution in [1.29, 1.82) is 0 Å². The fourth-order valence-electron chi connectivity index (χ4n) is 6.19. The lowest BCUT2D eigenvalue weighted by atomic mass is 9.74. The molecule has 1 aliphatic carbocycles. The molecule has 1 nitrogen and oxygen atoms in total. The first-order chi connectivity index (χ1) is 17.8. The second-order valence-corrected chi connectivity index (χ2v) is 10.6. The van der Waals surface area contributed by atoms with Crippen molar-refractivity contribution in [3.05, 3.63) is 141 Å². The van der Waals surface area contributed by atoms with E-state index >= 15 is 0 Å². The molecule has 4 aromatic rings. The Morgan fingerprint density at radius 3 is 2.08 bits per heavy atom. The summed E-state index contributed by atoms with van der Waals surface area (Å²) in [5.74, 6) is 0.281. The van der Waals surface area contributed by atoms with Gasteiger partial charge in [0.25, 0.3) is 0 Å². The fourth-order valence-corrected chi connectivity index (χ4v) is 6.19. The molecule has 0 aliphatic heterocycles. The van der Waals surface area contributed by atoms with Crippen LogP contribution in [0.15, 0.2) is 113 Å². The molecule has 4 aromatic carbocycles. The highest BCUT2D eigenvalue weighted by Gasteiger charge is 2.30. The van der Waals surface area contributed by atoms with Crippen molar-refractivity contribution in [3.63, 3.8) is 0 Å². The Bertz CT molecular complexity index is 1530. The summed E-state index contributed by atoms with van der Waals surface area (Å²) in [5.41, 5.74) is 13.3. The zero-order chi connectivity index (χ0) is 26.1. The van der Waals surface area contributed by atoms with Crippen LogP contribution in [0.1, 0.15) is 54.6 Å². The van der Waals surface area contributed by atoms with Crippen molar-refractivity contribution in [2.24, 2.45) is 5.92 Å². The molecule has 1 heteroatoms. The van der Waals surface area contributed by atoms with Gasteiger partial charge in [-0.1, -0.05) is 97.4 Å². The number of rotatable bonds is 5. The number of allylic oxidation sites excluding steroid dienone is 4. The zero-order valence-corrected chi connectivity index (χ0v) is 22.9. The molecule has 2 unspecified atom stereocenters. The lowest BCUT2D eigenvalue weighted by molar-refractivity contribution is 0.697. The Hall–Kier alpha value is -3.84. The molecule has 37 heavy (non-hydrogen) atoms. The number of hydrogen-bond donors (Lipinski definition) is 1. The van der Waals surface area contributed by atoms with E-state index in [4.69, 9.17) is 0 Å². The van der Waals surface area contributed by atoms with Gasteiger partial charge in [-0.2, -0.15) is 0 Å². The summed E-state index contributed by atoms with van der Waals surface area (Å²) in [6.45, 7) is 13.6. The van der Waals surface area contributed by atoms with E-state index in [1.54, 1.807) is 0 Å². The number of nitrogens with one attached hydrogen (secondary N) is 1. The maximum absolute atomic E-state index is 4.00. The van der Waals surface area contributed by atoms with Crippen LogP contribution in [0.2, 0.25) is 0 Å². The van der Waals surface area contributed by atoms with Gasteiger partial charge in [-0.15, -0.1) is 0 Å². The highest BCUT2D eigenvalue weighted by molar-refractivity contribution is 5.86. The van der Waals surface area contributed by atoms with Gasteiger partial charge in [-0.05, 0) is 102 Å². The highest BCUT2D eigenvalue weighted by Crippen LogP contribution is 2.44. The predicted octanol–water partition coefficient (Wildman–Crippen LogP) is 9.91. The molecule has 186 valence electrons. The van der Waals surface area contributed by atoms with Crippen molar-refractivity contribution in [1.82, 2.24) is 0 Å². The van der Waals surface area contributed by atoms with Gasteiger partial charge >= 0.3 is 0 Å². The average Bonchev–Trinajstić information content (AvgIpc) is 2.86. The molecule has 5 rings (SSSR count). The molecular formula is C36H37N. The SMILES string of the molecule is CC1=CC(C)=C(C(Nc2ccc3ccccc3c2)c2c(C)cc(C)cc2C)C(C)C1=Cc1ccccc1. The van der Waals surface area contributed by atoms with Crippen molar-refractivity contribution in [3.8, 4) is 0 Å². The fraction of sp³-hybridized carbons (Fsp3) is 0.222. The molecular weight excluding hydrogens is 446 g/mol. The maximum Gasteiger partial charge on any atom is 0.0743 e. The largest absolute Gasteiger partial charge is 0.374 e. The summed E-state index contributed by atoms with van der Waals surface area (Å²) in [6.07, 6.45) is 4.74. The van der Waals surface area contributed by atoms with Crippen LogP contribution in [0.4, 0.5) is 5.69 Å². The van der Waals surface area contributed by atoms with Gasteiger partial charge in [-0.25, -0.2) is 0 Å². The highest BCUT2D eigenvalue weighted by atomic mass is 14.9. The van der Waals surface area contributed by atoms with E-state index in [1.165, 1.54) is 60.9 Å². The van der Waals surface area contributed by atoms with E-state index < -0.39 is 0 Å². The Morgan fingerprint density at radius 2 is 1.38 bits per heavy atom. The van der Waals surface area contributed by atoms with Crippen LogP contribution < -0.4 is 5.32 Å². The number of aryl methyl sites for hydroxylation is 3. The minimum atomic E-state index is 0.0697. The van der Waals surface area contributed by atoms with Gasteiger partial charge in [-0.3, -0.25) is 0 Å². The summed E-state index contributed by atoms with van der Waals surface area (Å²) in [5, 5.41) is 6.52. The Labute approximate surface area is 222 Å². The van der Waals surface area contributed by atoms with Gasteiger partial charge in [0.2, 0.25) is 0 Å². The van der Waals surface area contributed by atoms with Crippen LogP contribution >= 0.6 is 0 Å². The van der Waals surface area contributed by atoms with Gasteiger partial charge in [0.05, 0.1) is 6.04 Å². The van der Waals surface area contributed by atoms with Gasteiger partial charge < -0.3 is 5.32 Å². The van der Waals surface area contributed by atoms with E-state index in [2.05, 4.69) is 144 Å². The predicted molar refractivity (Wildman–Crippen MR) is 161 cm³/mol. The third-order valence-electron chi connectivity index (χ3n) is 7.80. The quantitative estimate of drug-likeness (QED) is 0.298. The molecule has 0 saturated carbocycles.